The lowest BCUT2D eigenvalue weighted by Gasteiger charge is -2.24. The van der Waals surface area contributed by atoms with E-state index in [0.29, 0.717) is 16.8 Å². The van der Waals surface area contributed by atoms with Crippen molar-refractivity contribution in [2.24, 2.45) is 4.99 Å². The zero-order valence-corrected chi connectivity index (χ0v) is 16.3. The van der Waals surface area contributed by atoms with Crippen LogP contribution >= 0.6 is 0 Å². The van der Waals surface area contributed by atoms with Crippen LogP contribution in [0.1, 0.15) is 5.69 Å². The minimum atomic E-state index is -4.04. The van der Waals surface area contributed by atoms with E-state index in [1.807, 2.05) is 12.1 Å². The van der Waals surface area contributed by atoms with Gasteiger partial charge in [-0.25, -0.2) is 13.4 Å². The first-order valence-electron chi connectivity index (χ1n) is 8.78. The van der Waals surface area contributed by atoms with Gasteiger partial charge < -0.3 is 4.74 Å². The topological polar surface area (TPSA) is 88.9 Å². The molecule has 0 N–H and O–H groups in total. The van der Waals surface area contributed by atoms with Crippen LogP contribution in [0.15, 0.2) is 82.5 Å². The van der Waals surface area contributed by atoms with E-state index in [-0.39, 0.29) is 17.1 Å². The Morgan fingerprint density at radius 1 is 1.03 bits per heavy atom. The molecule has 1 amide bonds. The second-order valence-corrected chi connectivity index (χ2v) is 8.21. The van der Waals surface area contributed by atoms with Gasteiger partial charge in [0.25, 0.3) is 15.9 Å². The number of carbonyl (C=O) groups is 1. The maximum atomic E-state index is 13.5. The van der Waals surface area contributed by atoms with Crippen LogP contribution in [-0.2, 0) is 21.4 Å². The summed E-state index contributed by atoms with van der Waals surface area (Å²) in [5, 5.41) is 1.59. The molecular formula is C21H17N3O4S. The Morgan fingerprint density at radius 2 is 1.86 bits per heavy atom. The number of fused-ring (bicyclic) bond motifs is 1. The lowest BCUT2D eigenvalue weighted by atomic mass is 10.1. The number of hydrogen-bond donors (Lipinski definition) is 0. The molecule has 0 saturated carbocycles. The molecule has 0 bridgehead atoms. The van der Waals surface area contributed by atoms with Crippen LogP contribution in [-0.4, -0.2) is 36.9 Å². The number of methoxy groups -OCH3 is 1. The quantitative estimate of drug-likeness (QED) is 0.627. The molecule has 0 radical (unpaired) electrons. The monoisotopic (exact) mass is 407 g/mol. The van der Waals surface area contributed by atoms with E-state index in [1.54, 1.807) is 49.7 Å². The van der Waals surface area contributed by atoms with Gasteiger partial charge in [-0.2, -0.15) is 0 Å². The summed E-state index contributed by atoms with van der Waals surface area (Å²) in [6, 6.07) is 15.4. The van der Waals surface area contributed by atoms with Crippen molar-refractivity contribution in [3.8, 4) is 5.75 Å². The first-order valence-corrected chi connectivity index (χ1v) is 10.2. The zero-order valence-electron chi connectivity index (χ0n) is 15.5. The predicted octanol–water partition coefficient (Wildman–Crippen LogP) is 2.93. The highest BCUT2D eigenvalue weighted by molar-refractivity contribution is 7.89. The van der Waals surface area contributed by atoms with Crippen molar-refractivity contribution < 1.29 is 17.9 Å². The molecule has 0 spiro atoms. The molecule has 146 valence electrons. The predicted molar refractivity (Wildman–Crippen MR) is 109 cm³/mol. The summed E-state index contributed by atoms with van der Waals surface area (Å²) in [5.41, 5.74) is 0.500. The van der Waals surface area contributed by atoms with Crippen molar-refractivity contribution in [3.05, 3.63) is 78.3 Å². The Labute approximate surface area is 168 Å². The number of sulfonamides is 1. The van der Waals surface area contributed by atoms with Gasteiger partial charge in [0.2, 0.25) is 0 Å². The number of aromatic nitrogens is 1. The summed E-state index contributed by atoms with van der Waals surface area (Å²) in [6.45, 7) is -0.0831. The standard InChI is InChI=1S/C21H17N3O4S/c1-28-18-7-5-15-6-8-19(13-16(15)12-18)29(26,27)24(20-9-11-23-21(20)25)14-17-4-2-3-10-22-17/h2-13H,14H2,1H3. The molecule has 0 unspecified atom stereocenters. The van der Waals surface area contributed by atoms with E-state index in [2.05, 4.69) is 9.98 Å². The van der Waals surface area contributed by atoms with Crippen LogP contribution < -0.4 is 4.74 Å². The lowest BCUT2D eigenvalue weighted by molar-refractivity contribution is -0.115. The Balaban J connectivity index is 1.80. The highest BCUT2D eigenvalue weighted by Gasteiger charge is 2.32. The van der Waals surface area contributed by atoms with E-state index < -0.39 is 15.9 Å². The van der Waals surface area contributed by atoms with Gasteiger partial charge in [-0.3, -0.25) is 14.1 Å². The van der Waals surface area contributed by atoms with Crippen LogP contribution in [0.2, 0.25) is 0 Å². The number of amides is 1. The van der Waals surface area contributed by atoms with Crippen LogP contribution in [0.5, 0.6) is 5.75 Å². The third kappa shape index (κ3) is 3.62. The van der Waals surface area contributed by atoms with Crippen molar-refractivity contribution in [2.75, 3.05) is 7.11 Å². The van der Waals surface area contributed by atoms with E-state index in [4.69, 9.17) is 4.74 Å². The molecule has 7 nitrogen and oxygen atoms in total. The summed E-state index contributed by atoms with van der Waals surface area (Å²) in [6.07, 6.45) is 4.26. The first kappa shape index (κ1) is 18.8. The molecule has 0 saturated heterocycles. The summed E-state index contributed by atoms with van der Waals surface area (Å²) in [7, 11) is -2.49. The molecular weight excluding hydrogens is 390 g/mol. The van der Waals surface area contributed by atoms with Crippen LogP contribution in [0, 0.1) is 0 Å². The van der Waals surface area contributed by atoms with Crippen LogP contribution in [0.3, 0.4) is 0 Å². The average molecular weight is 407 g/mol. The molecule has 1 aliphatic rings. The molecule has 1 aliphatic heterocycles. The summed E-state index contributed by atoms with van der Waals surface area (Å²) in [4.78, 5) is 20.1. The maximum Gasteiger partial charge on any atom is 0.294 e. The number of aliphatic imine (C=N–C) groups is 1. The SMILES string of the molecule is COc1ccc2ccc(S(=O)(=O)N(Cc3ccccn3)C3=CC=NC3=O)cc2c1. The van der Waals surface area contributed by atoms with E-state index in [1.165, 1.54) is 18.4 Å². The van der Waals surface area contributed by atoms with Gasteiger partial charge in [-0.05, 0) is 53.2 Å². The first-order chi connectivity index (χ1) is 14.0. The highest BCUT2D eigenvalue weighted by Crippen LogP contribution is 2.28. The van der Waals surface area contributed by atoms with Crippen molar-refractivity contribution >= 4 is 32.9 Å². The number of benzene rings is 2. The Morgan fingerprint density at radius 3 is 2.55 bits per heavy atom. The number of allylic oxidation sites excluding steroid dienone is 1. The number of rotatable bonds is 6. The Bertz CT molecular complexity index is 1250. The van der Waals surface area contributed by atoms with E-state index in [9.17, 15) is 13.2 Å². The third-order valence-electron chi connectivity index (χ3n) is 4.55. The number of nitrogens with zero attached hydrogens (tertiary/aromatic N) is 3. The van der Waals surface area contributed by atoms with E-state index in [0.717, 1.165) is 9.69 Å². The normalized spacial score (nSPS) is 13.6. The van der Waals surface area contributed by atoms with E-state index >= 15 is 0 Å². The van der Waals surface area contributed by atoms with Gasteiger partial charge in [0.1, 0.15) is 11.4 Å². The molecule has 2 aromatic carbocycles. The summed E-state index contributed by atoms with van der Waals surface area (Å²) < 4.78 is 33.3. The van der Waals surface area contributed by atoms with Crippen molar-refractivity contribution in [3.63, 3.8) is 0 Å². The Hall–Kier alpha value is -3.52. The fourth-order valence-electron chi connectivity index (χ4n) is 3.06. The molecule has 2 heterocycles. The Kier molecular flexibility index (Phi) is 4.85. The lowest BCUT2D eigenvalue weighted by Crippen LogP contribution is -2.32. The third-order valence-corrected chi connectivity index (χ3v) is 6.31. The zero-order chi connectivity index (χ0) is 20.4. The van der Waals surface area contributed by atoms with Crippen LogP contribution in [0.25, 0.3) is 10.8 Å². The number of hydrogen-bond acceptors (Lipinski definition) is 5. The molecule has 4 rings (SSSR count). The fourth-order valence-corrected chi connectivity index (χ4v) is 4.53. The maximum absolute atomic E-state index is 13.5. The van der Waals surface area contributed by atoms with Crippen LogP contribution in [0.4, 0.5) is 0 Å². The van der Waals surface area contributed by atoms with Gasteiger partial charge in [-0.15, -0.1) is 0 Å². The fraction of sp³-hybridized carbons (Fsp3) is 0.0952. The van der Waals surface area contributed by atoms with Gasteiger partial charge in [0.05, 0.1) is 24.2 Å². The van der Waals surface area contributed by atoms with Crippen molar-refractivity contribution in [2.45, 2.75) is 11.4 Å². The number of carbonyl (C=O) groups excluding carboxylic acids is 1. The second kappa shape index (κ2) is 7.48. The average Bonchev–Trinajstić information content (AvgIpc) is 3.17. The van der Waals surface area contributed by atoms with Gasteiger partial charge >= 0.3 is 0 Å². The molecule has 1 aromatic heterocycles. The molecule has 8 heteroatoms. The van der Waals surface area contributed by atoms with Gasteiger partial charge in [0, 0.05) is 12.4 Å². The number of pyridine rings is 1. The van der Waals surface area contributed by atoms with Gasteiger partial charge in [0.15, 0.2) is 0 Å². The number of ether oxygens (including phenoxy) is 1. The summed E-state index contributed by atoms with van der Waals surface area (Å²) in [5.74, 6) is 0.0198. The molecule has 0 fully saturated rings. The summed E-state index contributed by atoms with van der Waals surface area (Å²) >= 11 is 0. The molecule has 3 aromatic rings. The van der Waals surface area contributed by atoms with Gasteiger partial charge in [-0.1, -0.05) is 18.2 Å². The smallest absolute Gasteiger partial charge is 0.294 e. The minimum absolute atomic E-state index is 0.0126. The second-order valence-electron chi connectivity index (χ2n) is 6.34. The largest absolute Gasteiger partial charge is 0.497 e. The molecule has 0 atom stereocenters. The minimum Gasteiger partial charge on any atom is -0.497 e. The molecule has 0 aliphatic carbocycles. The molecule has 29 heavy (non-hydrogen) atoms. The van der Waals surface area contributed by atoms with Crippen molar-refractivity contribution in [1.82, 2.24) is 9.29 Å². The van der Waals surface area contributed by atoms with Crippen molar-refractivity contribution in [1.29, 1.82) is 0 Å². The highest BCUT2D eigenvalue weighted by atomic mass is 32.2.